The molecule has 0 saturated heterocycles. The predicted molar refractivity (Wildman–Crippen MR) is 175 cm³/mol. The number of rotatable bonds is 11. The van der Waals surface area contributed by atoms with Gasteiger partial charge in [0.25, 0.3) is 0 Å². The van der Waals surface area contributed by atoms with E-state index in [0.29, 0.717) is 49.2 Å². The molecule has 3 rings (SSSR count). The lowest BCUT2D eigenvalue weighted by molar-refractivity contribution is -0.119. The van der Waals surface area contributed by atoms with Crippen LogP contribution in [0.1, 0.15) is 88.6 Å². The first kappa shape index (κ1) is 34.1. The van der Waals surface area contributed by atoms with E-state index in [1.807, 2.05) is 41.8 Å². The van der Waals surface area contributed by atoms with Gasteiger partial charge >= 0.3 is 12.1 Å². The minimum atomic E-state index is -0.566. The third-order valence-electron chi connectivity index (χ3n) is 7.26. The van der Waals surface area contributed by atoms with Crippen LogP contribution in [0.4, 0.5) is 21.0 Å². The molecule has 0 aliphatic heterocycles. The van der Waals surface area contributed by atoms with Crippen molar-refractivity contribution in [2.45, 2.75) is 84.5 Å². The minimum Gasteiger partial charge on any atom is -0.507 e. The Morgan fingerprint density at radius 3 is 1.73 bits per heavy atom. The lowest BCUT2D eigenvalue weighted by Crippen LogP contribution is -2.34. The Bertz CT molecular complexity index is 1400. The first-order valence-corrected chi connectivity index (χ1v) is 14.9. The van der Waals surface area contributed by atoms with Gasteiger partial charge < -0.3 is 15.2 Å². The first-order chi connectivity index (χ1) is 20.7. The van der Waals surface area contributed by atoms with E-state index in [4.69, 9.17) is 10.6 Å². The zero-order valence-electron chi connectivity index (χ0n) is 26.7. The molecular weight excluding hydrogens is 556 g/mol. The van der Waals surface area contributed by atoms with Gasteiger partial charge in [0.1, 0.15) is 11.5 Å². The number of ketones is 1. The topological polar surface area (TPSA) is 143 Å². The smallest absolute Gasteiger partial charge is 0.411 e. The summed E-state index contributed by atoms with van der Waals surface area (Å²) in [5.74, 6) is 5.52. The van der Waals surface area contributed by atoms with E-state index in [9.17, 15) is 19.5 Å². The van der Waals surface area contributed by atoms with Gasteiger partial charge in [-0.3, -0.25) is 15.5 Å². The summed E-state index contributed by atoms with van der Waals surface area (Å²) in [6, 6.07) is 18.4. The summed E-state index contributed by atoms with van der Waals surface area (Å²) in [5.41, 5.74) is 7.76. The Labute approximate surface area is 260 Å². The number of phenols is 1. The van der Waals surface area contributed by atoms with Crippen molar-refractivity contribution in [2.24, 2.45) is 5.84 Å². The summed E-state index contributed by atoms with van der Waals surface area (Å²) in [6.07, 6.45) is 1.89. The number of benzene rings is 3. The quantitative estimate of drug-likeness (QED) is 0.0685. The first-order valence-electron chi connectivity index (χ1n) is 14.9. The van der Waals surface area contributed by atoms with Crippen LogP contribution in [0, 0.1) is 0 Å². The van der Waals surface area contributed by atoms with Crippen molar-refractivity contribution in [1.82, 2.24) is 5.43 Å². The number of aromatic hydroxyl groups is 1. The number of hydrogen-bond acceptors (Lipinski definition) is 6. The van der Waals surface area contributed by atoms with Gasteiger partial charge in [-0.05, 0) is 82.2 Å². The number of phenolic OH excluding ortho intramolecular Hbond substituents is 1. The SMILES string of the molecule is CC(C)(C)c1cc(CCC(=O)CCCOC(=O)Nc2ccc(Cc3ccc(NC(=O)NN)cc3)cc2)cc(C(C)(C)C)c1O. The van der Waals surface area contributed by atoms with Gasteiger partial charge in [0.15, 0.2) is 0 Å². The van der Waals surface area contributed by atoms with E-state index in [1.165, 1.54) is 0 Å². The minimum absolute atomic E-state index is 0.110. The number of carbonyl (C=O) groups excluding carboxylic acids is 3. The molecule has 0 aliphatic carbocycles. The van der Waals surface area contributed by atoms with Gasteiger partial charge in [-0.25, -0.2) is 15.4 Å². The average molecular weight is 603 g/mol. The molecule has 44 heavy (non-hydrogen) atoms. The zero-order chi connectivity index (χ0) is 32.5. The Morgan fingerprint density at radius 1 is 0.750 bits per heavy atom. The number of carbonyl (C=O) groups is 3. The van der Waals surface area contributed by atoms with Crippen LogP contribution in [0.25, 0.3) is 0 Å². The predicted octanol–water partition coefficient (Wildman–Crippen LogP) is 7.10. The fourth-order valence-electron chi connectivity index (χ4n) is 4.79. The molecule has 0 spiro atoms. The summed E-state index contributed by atoms with van der Waals surface area (Å²) in [4.78, 5) is 36.1. The molecule has 0 saturated carbocycles. The van der Waals surface area contributed by atoms with Gasteiger partial charge in [-0.2, -0.15) is 0 Å². The third-order valence-corrected chi connectivity index (χ3v) is 7.26. The van der Waals surface area contributed by atoms with Gasteiger partial charge in [0, 0.05) is 24.2 Å². The Kier molecular flexibility index (Phi) is 11.5. The molecule has 0 bridgehead atoms. The highest BCUT2D eigenvalue weighted by atomic mass is 16.5. The molecule has 0 aromatic heterocycles. The van der Waals surface area contributed by atoms with Crippen LogP contribution in [0.3, 0.4) is 0 Å². The highest BCUT2D eigenvalue weighted by Gasteiger charge is 2.26. The second-order valence-corrected chi connectivity index (χ2v) is 13.1. The van der Waals surface area contributed by atoms with Crippen molar-refractivity contribution >= 4 is 29.3 Å². The fraction of sp³-hybridized carbons (Fsp3) is 0.400. The zero-order valence-corrected chi connectivity index (χ0v) is 26.7. The number of aryl methyl sites for hydroxylation is 1. The van der Waals surface area contributed by atoms with Crippen molar-refractivity contribution in [3.05, 3.63) is 88.5 Å². The standard InChI is InChI=1S/C35H46N4O5/c1-34(2,3)29-21-25(22-30(31(29)41)35(4,5)6)13-18-28(40)8-7-19-44-33(43)38-27-16-11-24(12-17-27)20-23-9-14-26(15-10-23)37-32(42)39-36/h9-12,14-17,21-22,41H,7-8,13,18-20,36H2,1-6H3,(H,38,43)(H2,37,39,42). The van der Waals surface area contributed by atoms with E-state index in [-0.39, 0.29) is 23.2 Å². The normalized spacial score (nSPS) is 11.5. The largest absolute Gasteiger partial charge is 0.507 e. The number of Topliss-reactive ketones (excluding diaryl/α,β-unsaturated/α-hetero) is 1. The second kappa shape index (κ2) is 14.9. The molecule has 0 heterocycles. The number of amides is 3. The van der Waals surface area contributed by atoms with Gasteiger partial charge in [-0.1, -0.05) is 77.9 Å². The second-order valence-electron chi connectivity index (χ2n) is 13.1. The lowest BCUT2D eigenvalue weighted by atomic mass is 9.78. The highest BCUT2D eigenvalue weighted by Crippen LogP contribution is 2.40. The summed E-state index contributed by atoms with van der Waals surface area (Å²) in [5, 5.41) is 16.2. The number of nitrogens with two attached hydrogens (primary N) is 1. The molecule has 0 unspecified atom stereocenters. The summed E-state index contributed by atoms with van der Waals surface area (Å²) >= 11 is 0. The Balaban J connectivity index is 1.41. The molecule has 236 valence electrons. The maximum atomic E-state index is 12.6. The third kappa shape index (κ3) is 10.4. The van der Waals surface area contributed by atoms with Crippen LogP contribution in [-0.2, 0) is 33.2 Å². The van der Waals surface area contributed by atoms with Gasteiger partial charge in [0.2, 0.25) is 0 Å². The average Bonchev–Trinajstić information content (AvgIpc) is 2.95. The van der Waals surface area contributed by atoms with Crippen LogP contribution in [0.2, 0.25) is 0 Å². The Hall–Kier alpha value is -4.37. The highest BCUT2D eigenvalue weighted by molar-refractivity contribution is 5.88. The van der Waals surface area contributed by atoms with Crippen molar-refractivity contribution in [2.75, 3.05) is 17.2 Å². The molecular formula is C35H46N4O5. The molecule has 3 aromatic carbocycles. The molecule has 6 N–H and O–H groups in total. The maximum absolute atomic E-state index is 12.6. The lowest BCUT2D eigenvalue weighted by Gasteiger charge is -2.28. The van der Waals surface area contributed by atoms with Crippen LogP contribution < -0.4 is 21.9 Å². The summed E-state index contributed by atoms with van der Waals surface area (Å²) in [7, 11) is 0. The van der Waals surface area contributed by atoms with E-state index >= 15 is 0 Å². The molecule has 3 amide bonds. The van der Waals surface area contributed by atoms with Crippen LogP contribution in [0.15, 0.2) is 60.7 Å². The van der Waals surface area contributed by atoms with E-state index in [2.05, 4.69) is 52.2 Å². The molecule has 0 atom stereocenters. The monoisotopic (exact) mass is 602 g/mol. The van der Waals surface area contributed by atoms with Crippen molar-refractivity contribution < 1.29 is 24.2 Å². The summed E-state index contributed by atoms with van der Waals surface area (Å²) in [6.45, 7) is 12.6. The number of ether oxygens (including phenoxy) is 1. The van der Waals surface area contributed by atoms with Crippen molar-refractivity contribution in [1.29, 1.82) is 0 Å². The number of hydrazine groups is 1. The van der Waals surface area contributed by atoms with E-state index in [0.717, 1.165) is 27.8 Å². The number of urea groups is 1. The molecule has 9 heteroatoms. The van der Waals surface area contributed by atoms with E-state index < -0.39 is 12.1 Å². The fourth-order valence-corrected chi connectivity index (χ4v) is 4.79. The molecule has 0 aliphatic rings. The molecule has 3 aromatic rings. The molecule has 0 fully saturated rings. The van der Waals surface area contributed by atoms with Gasteiger partial charge in [0.05, 0.1) is 6.61 Å². The van der Waals surface area contributed by atoms with Gasteiger partial charge in [-0.15, -0.1) is 0 Å². The van der Waals surface area contributed by atoms with E-state index in [1.54, 1.807) is 24.3 Å². The number of nitrogens with one attached hydrogen (secondary N) is 3. The molecule has 9 nitrogen and oxygen atoms in total. The maximum Gasteiger partial charge on any atom is 0.411 e. The molecule has 0 radical (unpaired) electrons. The summed E-state index contributed by atoms with van der Waals surface area (Å²) < 4.78 is 5.28. The number of hydrogen-bond donors (Lipinski definition) is 5. The van der Waals surface area contributed by atoms with Crippen molar-refractivity contribution in [3.63, 3.8) is 0 Å². The van der Waals surface area contributed by atoms with Crippen LogP contribution in [0.5, 0.6) is 5.75 Å². The number of anilines is 2. The van der Waals surface area contributed by atoms with Crippen LogP contribution >= 0.6 is 0 Å². The van der Waals surface area contributed by atoms with Crippen LogP contribution in [-0.4, -0.2) is 29.6 Å². The Morgan fingerprint density at radius 2 is 1.25 bits per heavy atom. The van der Waals surface area contributed by atoms with Crippen molar-refractivity contribution in [3.8, 4) is 5.75 Å².